The zero-order valence-corrected chi connectivity index (χ0v) is 13.0. The van der Waals surface area contributed by atoms with E-state index in [-0.39, 0.29) is 11.9 Å². The van der Waals surface area contributed by atoms with Crippen molar-refractivity contribution in [3.05, 3.63) is 45.7 Å². The van der Waals surface area contributed by atoms with Crippen LogP contribution in [0.2, 0.25) is 0 Å². The van der Waals surface area contributed by atoms with Crippen LogP contribution in [0.1, 0.15) is 34.1 Å². The first-order valence-corrected chi connectivity index (χ1v) is 7.66. The minimum atomic E-state index is -0.950. The molecule has 0 spiro atoms. The zero-order valence-electron chi connectivity index (χ0n) is 12.1. The summed E-state index contributed by atoms with van der Waals surface area (Å²) in [6, 6.07) is 3.98. The van der Waals surface area contributed by atoms with Crippen LogP contribution in [0.3, 0.4) is 0 Å². The van der Waals surface area contributed by atoms with E-state index in [2.05, 4.69) is 20.5 Å². The molecular weight excluding hydrogens is 318 g/mol. The molecule has 0 aliphatic heterocycles. The molecule has 3 N–H and O–H groups in total. The van der Waals surface area contributed by atoms with Gasteiger partial charge in [0.1, 0.15) is 10.6 Å². The van der Waals surface area contributed by atoms with Gasteiger partial charge in [-0.1, -0.05) is 5.18 Å². The van der Waals surface area contributed by atoms with Crippen molar-refractivity contribution in [2.45, 2.75) is 13.0 Å². The lowest BCUT2D eigenvalue weighted by atomic mass is 10.1. The van der Waals surface area contributed by atoms with E-state index in [1.54, 1.807) is 18.2 Å². The van der Waals surface area contributed by atoms with Gasteiger partial charge in [0.15, 0.2) is 6.04 Å². The summed E-state index contributed by atoms with van der Waals surface area (Å²) in [5.41, 5.74) is 6.05. The Bertz CT molecular complexity index is 859. The standard InChI is InChI=1S/C14H13N5O3S/c1-2-16-12(20)9-6-7-10(17-14(15)18-13(7)23-9)11(19-21)8-4-3-5-22-8/h3-6,11H,2H2,1H3,(H,16,20)(H2,15,17,18). The number of fused-ring (bicyclic) bond motifs is 1. The van der Waals surface area contributed by atoms with Gasteiger partial charge < -0.3 is 15.5 Å². The number of nitrogens with zero attached hydrogens (tertiary/aromatic N) is 3. The minimum Gasteiger partial charge on any atom is -0.466 e. The van der Waals surface area contributed by atoms with Gasteiger partial charge in [0.05, 0.1) is 16.8 Å². The Morgan fingerprint density at radius 1 is 1.52 bits per heavy atom. The third kappa shape index (κ3) is 2.78. The number of carbonyl (C=O) groups is 1. The van der Waals surface area contributed by atoms with E-state index in [4.69, 9.17) is 10.2 Å². The van der Waals surface area contributed by atoms with Gasteiger partial charge in [-0.15, -0.1) is 16.2 Å². The van der Waals surface area contributed by atoms with E-state index in [1.165, 1.54) is 17.6 Å². The summed E-state index contributed by atoms with van der Waals surface area (Å²) in [6.45, 7) is 2.34. The third-order valence-electron chi connectivity index (χ3n) is 3.18. The highest BCUT2D eigenvalue weighted by Gasteiger charge is 2.25. The van der Waals surface area contributed by atoms with Crippen LogP contribution >= 0.6 is 11.3 Å². The molecule has 0 aliphatic carbocycles. The summed E-state index contributed by atoms with van der Waals surface area (Å²) >= 11 is 1.18. The normalized spacial score (nSPS) is 12.2. The molecule has 0 aromatic carbocycles. The number of aromatic nitrogens is 2. The van der Waals surface area contributed by atoms with Crippen LogP contribution < -0.4 is 11.1 Å². The van der Waals surface area contributed by atoms with Crippen LogP contribution in [-0.4, -0.2) is 22.4 Å². The van der Waals surface area contributed by atoms with E-state index in [0.29, 0.717) is 33.1 Å². The van der Waals surface area contributed by atoms with Gasteiger partial charge in [-0.05, 0) is 25.1 Å². The summed E-state index contributed by atoms with van der Waals surface area (Å²) in [5, 5.41) is 6.37. The van der Waals surface area contributed by atoms with Crippen LogP contribution in [0.5, 0.6) is 0 Å². The second kappa shape index (κ2) is 6.13. The second-order valence-corrected chi connectivity index (χ2v) is 5.71. The van der Waals surface area contributed by atoms with Gasteiger partial charge in [0, 0.05) is 11.9 Å². The smallest absolute Gasteiger partial charge is 0.261 e. The number of nitroso groups, excluding NO2 is 1. The highest BCUT2D eigenvalue weighted by molar-refractivity contribution is 7.20. The van der Waals surface area contributed by atoms with Crippen molar-refractivity contribution in [3.63, 3.8) is 0 Å². The molecule has 1 atom stereocenters. The fourth-order valence-corrected chi connectivity index (χ4v) is 3.17. The van der Waals surface area contributed by atoms with Crippen molar-refractivity contribution >= 4 is 33.4 Å². The van der Waals surface area contributed by atoms with Crippen molar-refractivity contribution in [3.8, 4) is 0 Å². The van der Waals surface area contributed by atoms with Crippen molar-refractivity contribution in [2.24, 2.45) is 5.18 Å². The SMILES string of the molecule is CCNC(=O)c1cc2c(C(N=O)c3ccco3)nc(N)nc2s1. The Balaban J connectivity index is 2.16. The lowest BCUT2D eigenvalue weighted by Crippen LogP contribution is -2.21. The molecule has 0 aliphatic rings. The molecule has 3 rings (SSSR count). The maximum atomic E-state index is 12.0. The van der Waals surface area contributed by atoms with E-state index in [1.807, 2.05) is 6.92 Å². The Labute approximate surface area is 134 Å². The quantitative estimate of drug-likeness (QED) is 0.692. The summed E-state index contributed by atoms with van der Waals surface area (Å²) < 4.78 is 5.25. The number of amides is 1. The number of nitrogens with one attached hydrogen (secondary N) is 1. The number of anilines is 1. The monoisotopic (exact) mass is 331 g/mol. The summed E-state index contributed by atoms with van der Waals surface area (Å²) in [6.07, 6.45) is 1.45. The topological polar surface area (TPSA) is 123 Å². The van der Waals surface area contributed by atoms with Gasteiger partial charge in [-0.3, -0.25) is 4.79 Å². The molecule has 0 saturated carbocycles. The van der Waals surface area contributed by atoms with E-state index >= 15 is 0 Å². The average Bonchev–Trinajstić information content (AvgIpc) is 3.17. The summed E-state index contributed by atoms with van der Waals surface area (Å²) in [7, 11) is 0. The second-order valence-electron chi connectivity index (χ2n) is 4.68. The fourth-order valence-electron chi connectivity index (χ4n) is 2.21. The van der Waals surface area contributed by atoms with E-state index in [0.717, 1.165) is 0 Å². The van der Waals surface area contributed by atoms with Crippen LogP contribution in [0.4, 0.5) is 5.95 Å². The molecule has 23 heavy (non-hydrogen) atoms. The molecule has 3 aromatic heterocycles. The number of hydrogen-bond acceptors (Lipinski definition) is 8. The molecule has 118 valence electrons. The Morgan fingerprint density at radius 3 is 3.00 bits per heavy atom. The molecule has 1 amide bonds. The molecule has 3 heterocycles. The maximum absolute atomic E-state index is 12.0. The van der Waals surface area contributed by atoms with Gasteiger partial charge in [0.25, 0.3) is 5.91 Å². The largest absolute Gasteiger partial charge is 0.466 e. The first-order valence-electron chi connectivity index (χ1n) is 6.85. The highest BCUT2D eigenvalue weighted by Crippen LogP contribution is 2.34. The average molecular weight is 331 g/mol. The molecule has 0 saturated heterocycles. The van der Waals surface area contributed by atoms with Gasteiger partial charge in [-0.25, -0.2) is 9.97 Å². The van der Waals surface area contributed by atoms with Gasteiger partial charge in [-0.2, -0.15) is 0 Å². The molecule has 9 heteroatoms. The molecule has 0 fully saturated rings. The Kier molecular flexibility index (Phi) is 4.02. The molecule has 1 unspecified atom stereocenters. The number of nitrogens with two attached hydrogens (primary N) is 1. The van der Waals surface area contributed by atoms with Crippen molar-refractivity contribution < 1.29 is 9.21 Å². The number of nitrogen functional groups attached to an aromatic ring is 1. The van der Waals surface area contributed by atoms with Gasteiger partial charge >= 0.3 is 0 Å². The van der Waals surface area contributed by atoms with E-state index < -0.39 is 6.04 Å². The van der Waals surface area contributed by atoms with Crippen LogP contribution in [0.25, 0.3) is 10.2 Å². The van der Waals surface area contributed by atoms with Crippen LogP contribution in [-0.2, 0) is 0 Å². The predicted octanol–water partition coefficient (Wildman–Crippen LogP) is 2.47. The number of carbonyl (C=O) groups excluding carboxylic acids is 1. The Hall–Kier alpha value is -2.81. The third-order valence-corrected chi connectivity index (χ3v) is 4.21. The van der Waals surface area contributed by atoms with Crippen molar-refractivity contribution in [1.29, 1.82) is 0 Å². The molecular formula is C14H13N5O3S. The number of rotatable bonds is 5. The number of hydrogen-bond donors (Lipinski definition) is 2. The first kappa shape index (κ1) is 15.1. The lowest BCUT2D eigenvalue weighted by Gasteiger charge is -2.07. The predicted molar refractivity (Wildman–Crippen MR) is 86.2 cm³/mol. The van der Waals surface area contributed by atoms with Crippen LogP contribution in [0, 0.1) is 4.91 Å². The number of thiophene rings is 1. The van der Waals surface area contributed by atoms with E-state index in [9.17, 15) is 9.70 Å². The number of furan rings is 1. The maximum Gasteiger partial charge on any atom is 0.261 e. The summed E-state index contributed by atoms with van der Waals surface area (Å²) in [4.78, 5) is 32.6. The molecule has 0 bridgehead atoms. The molecule has 8 nitrogen and oxygen atoms in total. The molecule has 3 aromatic rings. The van der Waals surface area contributed by atoms with Gasteiger partial charge in [0.2, 0.25) is 5.95 Å². The summed E-state index contributed by atoms with van der Waals surface area (Å²) in [5.74, 6) is 0.149. The first-order chi connectivity index (χ1) is 11.1. The van der Waals surface area contributed by atoms with Crippen LogP contribution in [0.15, 0.2) is 34.1 Å². The highest BCUT2D eigenvalue weighted by atomic mass is 32.1. The van der Waals surface area contributed by atoms with Crippen molar-refractivity contribution in [1.82, 2.24) is 15.3 Å². The fraction of sp³-hybridized carbons (Fsp3) is 0.214. The lowest BCUT2D eigenvalue weighted by molar-refractivity contribution is 0.0960. The zero-order chi connectivity index (χ0) is 16.4. The molecule has 0 radical (unpaired) electrons. The minimum absolute atomic E-state index is 0.0111. The van der Waals surface area contributed by atoms with Crippen molar-refractivity contribution in [2.75, 3.05) is 12.3 Å². The Morgan fingerprint density at radius 2 is 2.35 bits per heavy atom.